The molecule has 1 aliphatic heterocycles. The van der Waals surface area contributed by atoms with Crippen molar-refractivity contribution in [1.29, 1.82) is 0 Å². The molecular formula is C13H18N2O2. The molecule has 1 aliphatic rings. The predicted octanol–water partition coefficient (Wildman–Crippen LogP) is 1.91. The molecule has 1 aromatic rings. The van der Waals surface area contributed by atoms with Gasteiger partial charge in [-0.3, -0.25) is 14.7 Å². The fraction of sp³-hybridized carbons (Fsp3) is 0.538. The molecule has 0 spiro atoms. The van der Waals surface area contributed by atoms with Crippen LogP contribution in [0.25, 0.3) is 0 Å². The first-order valence-corrected chi connectivity index (χ1v) is 6.07. The highest BCUT2D eigenvalue weighted by atomic mass is 16.4. The summed E-state index contributed by atoms with van der Waals surface area (Å²) >= 11 is 0. The average molecular weight is 234 g/mol. The largest absolute Gasteiger partial charge is 0.480 e. The van der Waals surface area contributed by atoms with Crippen LogP contribution < -0.4 is 0 Å². The molecule has 92 valence electrons. The minimum absolute atomic E-state index is 0.626. The Balaban J connectivity index is 2.17. The normalized spacial score (nSPS) is 25.0. The van der Waals surface area contributed by atoms with Gasteiger partial charge in [-0.05, 0) is 37.9 Å². The number of carbonyl (C=O) groups is 1. The third-order valence-corrected chi connectivity index (χ3v) is 3.69. The number of likely N-dealkylation sites (tertiary alicyclic amines) is 1. The van der Waals surface area contributed by atoms with E-state index in [1.54, 1.807) is 6.20 Å². The first kappa shape index (κ1) is 12.0. The maximum absolute atomic E-state index is 11.5. The Hall–Kier alpha value is -1.42. The van der Waals surface area contributed by atoms with Gasteiger partial charge in [-0.2, -0.15) is 0 Å². The molecule has 0 aromatic carbocycles. The molecule has 0 bridgehead atoms. The number of carboxylic acids is 1. The Morgan fingerprint density at radius 3 is 3.00 bits per heavy atom. The van der Waals surface area contributed by atoms with Gasteiger partial charge in [0.05, 0.1) is 5.69 Å². The van der Waals surface area contributed by atoms with Crippen LogP contribution in [0, 0.1) is 0 Å². The molecule has 2 heterocycles. The van der Waals surface area contributed by atoms with E-state index in [0.717, 1.165) is 25.1 Å². The van der Waals surface area contributed by atoms with Crippen molar-refractivity contribution in [2.45, 2.75) is 38.3 Å². The van der Waals surface area contributed by atoms with Crippen LogP contribution in [-0.2, 0) is 11.3 Å². The third-order valence-electron chi connectivity index (χ3n) is 3.69. The molecule has 4 heteroatoms. The second-order valence-corrected chi connectivity index (χ2v) is 4.54. The SMILES string of the molecule is CCC1(C(=O)O)CCCN1Cc1ccccn1. The zero-order valence-corrected chi connectivity index (χ0v) is 10.1. The first-order valence-electron chi connectivity index (χ1n) is 6.07. The van der Waals surface area contributed by atoms with Gasteiger partial charge in [-0.1, -0.05) is 13.0 Å². The monoisotopic (exact) mass is 234 g/mol. The Morgan fingerprint density at radius 1 is 1.59 bits per heavy atom. The molecule has 1 aromatic heterocycles. The van der Waals surface area contributed by atoms with Crippen LogP contribution >= 0.6 is 0 Å². The van der Waals surface area contributed by atoms with Crippen molar-refractivity contribution in [3.8, 4) is 0 Å². The van der Waals surface area contributed by atoms with Gasteiger partial charge in [0.15, 0.2) is 0 Å². The van der Waals surface area contributed by atoms with Gasteiger partial charge < -0.3 is 5.11 Å². The van der Waals surface area contributed by atoms with E-state index in [4.69, 9.17) is 0 Å². The summed E-state index contributed by atoms with van der Waals surface area (Å²) in [6.07, 6.45) is 4.09. The van der Waals surface area contributed by atoms with E-state index in [9.17, 15) is 9.90 Å². The molecule has 1 atom stereocenters. The van der Waals surface area contributed by atoms with Crippen molar-refractivity contribution >= 4 is 5.97 Å². The Morgan fingerprint density at radius 2 is 2.41 bits per heavy atom. The molecule has 4 nitrogen and oxygen atoms in total. The second-order valence-electron chi connectivity index (χ2n) is 4.54. The highest BCUT2D eigenvalue weighted by Crippen LogP contribution is 2.33. The lowest BCUT2D eigenvalue weighted by Gasteiger charge is -2.33. The molecule has 0 saturated carbocycles. The summed E-state index contributed by atoms with van der Waals surface area (Å²) in [5.41, 5.74) is 0.255. The first-order chi connectivity index (χ1) is 8.19. The van der Waals surface area contributed by atoms with Gasteiger partial charge in [0.2, 0.25) is 0 Å². The Bertz CT molecular complexity index is 394. The van der Waals surface area contributed by atoms with Crippen LogP contribution in [0.1, 0.15) is 31.9 Å². The number of pyridine rings is 1. The molecule has 1 unspecified atom stereocenters. The van der Waals surface area contributed by atoms with Gasteiger partial charge in [0.1, 0.15) is 5.54 Å². The Kier molecular flexibility index (Phi) is 3.43. The van der Waals surface area contributed by atoms with Crippen LogP contribution in [0.4, 0.5) is 0 Å². The van der Waals surface area contributed by atoms with Gasteiger partial charge in [-0.15, -0.1) is 0 Å². The van der Waals surface area contributed by atoms with Crippen LogP contribution in [0.5, 0.6) is 0 Å². The summed E-state index contributed by atoms with van der Waals surface area (Å²) in [6.45, 7) is 3.42. The van der Waals surface area contributed by atoms with Crippen molar-refractivity contribution in [3.63, 3.8) is 0 Å². The summed E-state index contributed by atoms with van der Waals surface area (Å²) < 4.78 is 0. The minimum Gasteiger partial charge on any atom is -0.480 e. The minimum atomic E-state index is -0.701. The van der Waals surface area contributed by atoms with Gasteiger partial charge >= 0.3 is 5.97 Å². The zero-order chi connectivity index (χ0) is 12.3. The summed E-state index contributed by atoms with van der Waals surface area (Å²) in [7, 11) is 0. The number of hydrogen-bond donors (Lipinski definition) is 1. The van der Waals surface area contributed by atoms with Gasteiger partial charge in [-0.25, -0.2) is 0 Å². The molecule has 2 rings (SSSR count). The van der Waals surface area contributed by atoms with Crippen LogP contribution in [-0.4, -0.2) is 33.0 Å². The van der Waals surface area contributed by atoms with Crippen molar-refractivity contribution in [3.05, 3.63) is 30.1 Å². The van der Waals surface area contributed by atoms with Crippen molar-refractivity contribution in [2.24, 2.45) is 0 Å². The maximum atomic E-state index is 11.5. The predicted molar refractivity (Wildman–Crippen MR) is 64.5 cm³/mol. The number of hydrogen-bond acceptors (Lipinski definition) is 3. The standard InChI is InChI=1S/C13H18N2O2/c1-2-13(12(16)17)7-5-9-15(13)10-11-6-3-4-8-14-11/h3-4,6,8H,2,5,7,9-10H2,1H3,(H,16,17). The molecule has 0 aliphatic carbocycles. The summed E-state index contributed by atoms with van der Waals surface area (Å²) in [5.74, 6) is -0.701. The van der Waals surface area contributed by atoms with Crippen molar-refractivity contribution in [2.75, 3.05) is 6.54 Å². The number of aliphatic carboxylic acids is 1. The number of nitrogens with zero attached hydrogens (tertiary/aromatic N) is 2. The third kappa shape index (κ3) is 2.17. The maximum Gasteiger partial charge on any atom is 0.324 e. The topological polar surface area (TPSA) is 53.4 Å². The quantitative estimate of drug-likeness (QED) is 0.864. The fourth-order valence-corrected chi connectivity index (χ4v) is 2.65. The van der Waals surface area contributed by atoms with Crippen molar-refractivity contribution in [1.82, 2.24) is 9.88 Å². The van der Waals surface area contributed by atoms with Crippen LogP contribution in [0.15, 0.2) is 24.4 Å². The van der Waals surface area contributed by atoms with E-state index < -0.39 is 11.5 Å². The van der Waals surface area contributed by atoms with E-state index in [1.165, 1.54) is 0 Å². The van der Waals surface area contributed by atoms with Crippen LogP contribution in [0.2, 0.25) is 0 Å². The average Bonchev–Trinajstić information content (AvgIpc) is 2.74. The van der Waals surface area contributed by atoms with E-state index in [1.807, 2.05) is 25.1 Å². The molecule has 0 radical (unpaired) electrons. The van der Waals surface area contributed by atoms with E-state index in [2.05, 4.69) is 9.88 Å². The molecule has 1 saturated heterocycles. The lowest BCUT2D eigenvalue weighted by Crippen LogP contribution is -2.49. The molecular weight excluding hydrogens is 216 g/mol. The van der Waals surface area contributed by atoms with Crippen molar-refractivity contribution < 1.29 is 9.90 Å². The summed E-state index contributed by atoms with van der Waals surface area (Å²) in [6, 6.07) is 5.76. The highest BCUT2D eigenvalue weighted by Gasteiger charge is 2.45. The molecule has 1 fully saturated rings. The summed E-state index contributed by atoms with van der Waals surface area (Å²) in [4.78, 5) is 17.8. The second kappa shape index (κ2) is 4.84. The van der Waals surface area contributed by atoms with Gasteiger partial charge in [0.25, 0.3) is 0 Å². The molecule has 1 N–H and O–H groups in total. The number of carboxylic acid groups (broad SMARTS) is 1. The number of aromatic nitrogens is 1. The number of rotatable bonds is 4. The van der Waals surface area contributed by atoms with Gasteiger partial charge in [0, 0.05) is 12.7 Å². The smallest absolute Gasteiger partial charge is 0.324 e. The summed E-state index contributed by atoms with van der Waals surface area (Å²) in [5, 5.41) is 9.45. The Labute approximate surface area is 101 Å². The lowest BCUT2D eigenvalue weighted by molar-refractivity contribution is -0.150. The fourth-order valence-electron chi connectivity index (χ4n) is 2.65. The molecule has 17 heavy (non-hydrogen) atoms. The van der Waals surface area contributed by atoms with Crippen LogP contribution in [0.3, 0.4) is 0 Å². The molecule has 0 amide bonds. The van der Waals surface area contributed by atoms with E-state index in [-0.39, 0.29) is 0 Å². The van der Waals surface area contributed by atoms with E-state index >= 15 is 0 Å². The lowest BCUT2D eigenvalue weighted by atomic mass is 9.93. The van der Waals surface area contributed by atoms with E-state index in [0.29, 0.717) is 13.0 Å². The zero-order valence-electron chi connectivity index (χ0n) is 10.1. The highest BCUT2D eigenvalue weighted by molar-refractivity contribution is 5.79.